The van der Waals surface area contributed by atoms with E-state index in [-0.39, 0.29) is 5.56 Å². The molecule has 6 heteroatoms. The summed E-state index contributed by atoms with van der Waals surface area (Å²) in [5.74, 6) is 0.912. The van der Waals surface area contributed by atoms with E-state index in [1.165, 1.54) is 36.1 Å². The van der Waals surface area contributed by atoms with Crippen LogP contribution in [0.15, 0.2) is 9.95 Å². The van der Waals surface area contributed by atoms with Crippen LogP contribution in [0.3, 0.4) is 0 Å². The molecule has 0 amide bonds. The standard InChI is InChI=1S/C20H26N2O2S2/c23-19-17-15-9-3-4-10-16(15)26-18(17)21-20(22(19)13-6-1-2-7-13)25-12-14-8-5-11-24-14/h13-14H,1-12H2. The summed E-state index contributed by atoms with van der Waals surface area (Å²) >= 11 is 3.51. The summed E-state index contributed by atoms with van der Waals surface area (Å²) in [6.07, 6.45) is 11.9. The lowest BCUT2D eigenvalue weighted by molar-refractivity contribution is 0.129. The van der Waals surface area contributed by atoms with Crippen LogP contribution in [0.2, 0.25) is 0 Å². The van der Waals surface area contributed by atoms with Gasteiger partial charge in [-0.05, 0) is 56.9 Å². The zero-order valence-electron chi connectivity index (χ0n) is 15.2. The highest BCUT2D eigenvalue weighted by Gasteiger charge is 2.27. The monoisotopic (exact) mass is 390 g/mol. The van der Waals surface area contributed by atoms with Gasteiger partial charge >= 0.3 is 0 Å². The van der Waals surface area contributed by atoms with Crippen LogP contribution in [-0.2, 0) is 17.6 Å². The largest absolute Gasteiger partial charge is 0.377 e. The highest BCUT2D eigenvalue weighted by atomic mass is 32.2. The Kier molecular flexibility index (Phi) is 4.84. The summed E-state index contributed by atoms with van der Waals surface area (Å²) in [4.78, 5) is 21.0. The third kappa shape index (κ3) is 3.04. The number of fused-ring (bicyclic) bond motifs is 3. The second-order valence-corrected chi connectivity index (χ2v) is 9.92. The topological polar surface area (TPSA) is 44.1 Å². The van der Waals surface area contributed by atoms with Gasteiger partial charge in [-0.25, -0.2) is 4.98 Å². The van der Waals surface area contributed by atoms with Gasteiger partial charge < -0.3 is 4.74 Å². The van der Waals surface area contributed by atoms with Crippen LogP contribution in [0.4, 0.5) is 0 Å². The fraction of sp³-hybridized carbons (Fsp3) is 0.700. The highest BCUT2D eigenvalue weighted by molar-refractivity contribution is 7.99. The first kappa shape index (κ1) is 17.3. The summed E-state index contributed by atoms with van der Waals surface area (Å²) in [5, 5.41) is 1.88. The van der Waals surface area contributed by atoms with E-state index in [2.05, 4.69) is 4.57 Å². The lowest BCUT2D eigenvalue weighted by atomic mass is 9.97. The van der Waals surface area contributed by atoms with E-state index in [0.717, 1.165) is 66.3 Å². The van der Waals surface area contributed by atoms with Crippen molar-refractivity contribution in [2.75, 3.05) is 12.4 Å². The Morgan fingerprint density at radius 3 is 2.77 bits per heavy atom. The zero-order valence-corrected chi connectivity index (χ0v) is 16.8. The molecule has 1 aliphatic heterocycles. The highest BCUT2D eigenvalue weighted by Crippen LogP contribution is 2.37. The van der Waals surface area contributed by atoms with E-state index in [1.807, 2.05) is 0 Å². The molecule has 2 aromatic rings. The van der Waals surface area contributed by atoms with Crippen LogP contribution in [0.25, 0.3) is 10.2 Å². The van der Waals surface area contributed by atoms with Gasteiger partial charge in [0.25, 0.3) is 5.56 Å². The molecule has 0 N–H and O–H groups in total. The van der Waals surface area contributed by atoms with Gasteiger partial charge in [-0.1, -0.05) is 24.6 Å². The maximum atomic E-state index is 13.6. The molecule has 1 saturated heterocycles. The first-order valence-electron chi connectivity index (χ1n) is 10.1. The molecule has 1 saturated carbocycles. The maximum absolute atomic E-state index is 13.6. The predicted molar refractivity (Wildman–Crippen MR) is 108 cm³/mol. The molecule has 140 valence electrons. The summed E-state index contributed by atoms with van der Waals surface area (Å²) in [5.41, 5.74) is 1.55. The molecule has 3 aliphatic rings. The molecular weight excluding hydrogens is 364 g/mol. The zero-order chi connectivity index (χ0) is 17.5. The van der Waals surface area contributed by atoms with E-state index in [1.54, 1.807) is 23.1 Å². The quantitative estimate of drug-likeness (QED) is 0.559. The third-order valence-electron chi connectivity index (χ3n) is 6.10. The minimum Gasteiger partial charge on any atom is -0.377 e. The Labute approximate surface area is 162 Å². The number of thiophene rings is 1. The van der Waals surface area contributed by atoms with Crippen molar-refractivity contribution in [3.63, 3.8) is 0 Å². The van der Waals surface area contributed by atoms with E-state index in [4.69, 9.17) is 9.72 Å². The Balaban J connectivity index is 1.59. The van der Waals surface area contributed by atoms with Gasteiger partial charge in [0.05, 0.1) is 11.5 Å². The average Bonchev–Trinajstić information content (AvgIpc) is 3.39. The van der Waals surface area contributed by atoms with Gasteiger partial charge in [0.1, 0.15) is 4.83 Å². The minimum absolute atomic E-state index is 0.233. The number of ether oxygens (including phenoxy) is 1. The Morgan fingerprint density at radius 2 is 1.96 bits per heavy atom. The van der Waals surface area contributed by atoms with Gasteiger partial charge in [0, 0.05) is 23.3 Å². The van der Waals surface area contributed by atoms with Crippen LogP contribution < -0.4 is 5.56 Å². The third-order valence-corrected chi connectivity index (χ3v) is 8.37. The fourth-order valence-electron chi connectivity index (χ4n) is 4.73. The molecular formula is C20H26N2O2S2. The van der Waals surface area contributed by atoms with Crippen LogP contribution in [-0.4, -0.2) is 28.0 Å². The molecule has 26 heavy (non-hydrogen) atoms. The number of aryl methyl sites for hydroxylation is 2. The van der Waals surface area contributed by atoms with Crippen LogP contribution >= 0.6 is 23.1 Å². The van der Waals surface area contributed by atoms with E-state index in [0.29, 0.717) is 12.1 Å². The minimum atomic E-state index is 0.233. The molecule has 0 aromatic carbocycles. The smallest absolute Gasteiger partial charge is 0.263 e. The average molecular weight is 391 g/mol. The number of thioether (sulfide) groups is 1. The van der Waals surface area contributed by atoms with Crippen molar-refractivity contribution in [3.05, 3.63) is 20.8 Å². The predicted octanol–water partition coefficient (Wildman–Crippen LogP) is 4.72. The molecule has 2 aromatic heterocycles. The normalized spacial score (nSPS) is 23.8. The lowest BCUT2D eigenvalue weighted by Crippen LogP contribution is -2.27. The summed E-state index contributed by atoms with van der Waals surface area (Å²) in [7, 11) is 0. The molecule has 5 rings (SSSR count). The second kappa shape index (κ2) is 7.28. The molecule has 0 bridgehead atoms. The lowest BCUT2D eigenvalue weighted by Gasteiger charge is -2.19. The SMILES string of the molecule is O=c1c2c3c(sc2nc(SCC2CCCO2)n1C1CCCC1)CCCC3. The van der Waals surface area contributed by atoms with Gasteiger partial charge in [0.15, 0.2) is 5.16 Å². The van der Waals surface area contributed by atoms with Crippen LogP contribution in [0.5, 0.6) is 0 Å². The fourth-order valence-corrected chi connectivity index (χ4v) is 7.16. The molecule has 1 atom stereocenters. The van der Waals surface area contributed by atoms with Crippen molar-refractivity contribution >= 4 is 33.3 Å². The van der Waals surface area contributed by atoms with Crippen molar-refractivity contribution in [1.29, 1.82) is 0 Å². The molecule has 0 spiro atoms. The number of nitrogens with zero attached hydrogens (tertiary/aromatic N) is 2. The van der Waals surface area contributed by atoms with E-state index < -0.39 is 0 Å². The Bertz CT molecular complexity index is 861. The van der Waals surface area contributed by atoms with E-state index >= 15 is 0 Å². The van der Waals surface area contributed by atoms with Crippen LogP contribution in [0.1, 0.15) is 67.8 Å². The van der Waals surface area contributed by atoms with Crippen molar-refractivity contribution in [3.8, 4) is 0 Å². The number of hydrogen-bond donors (Lipinski definition) is 0. The Morgan fingerprint density at radius 1 is 1.12 bits per heavy atom. The van der Waals surface area contributed by atoms with Gasteiger partial charge in [-0.2, -0.15) is 0 Å². The van der Waals surface area contributed by atoms with Gasteiger partial charge in [0.2, 0.25) is 0 Å². The number of aromatic nitrogens is 2. The van der Waals surface area contributed by atoms with Gasteiger partial charge in [-0.3, -0.25) is 9.36 Å². The molecule has 2 aliphatic carbocycles. The summed E-state index contributed by atoms with van der Waals surface area (Å²) < 4.78 is 7.86. The van der Waals surface area contributed by atoms with Crippen molar-refractivity contribution < 1.29 is 4.74 Å². The molecule has 4 nitrogen and oxygen atoms in total. The summed E-state index contributed by atoms with van der Waals surface area (Å²) in [6, 6.07) is 0.338. The van der Waals surface area contributed by atoms with Crippen molar-refractivity contribution in [1.82, 2.24) is 9.55 Å². The number of rotatable bonds is 4. The van der Waals surface area contributed by atoms with Crippen molar-refractivity contribution in [2.24, 2.45) is 0 Å². The van der Waals surface area contributed by atoms with Gasteiger partial charge in [-0.15, -0.1) is 11.3 Å². The molecule has 0 radical (unpaired) electrons. The second-order valence-electron chi connectivity index (χ2n) is 7.84. The molecule has 1 unspecified atom stereocenters. The van der Waals surface area contributed by atoms with E-state index in [9.17, 15) is 4.79 Å². The molecule has 3 heterocycles. The first-order chi connectivity index (χ1) is 12.8. The number of hydrogen-bond acceptors (Lipinski definition) is 5. The van der Waals surface area contributed by atoms with Crippen molar-refractivity contribution in [2.45, 2.75) is 81.5 Å². The summed E-state index contributed by atoms with van der Waals surface area (Å²) in [6.45, 7) is 0.880. The molecule has 2 fully saturated rings. The first-order valence-corrected chi connectivity index (χ1v) is 11.9. The Hall–Kier alpha value is -0.850. The maximum Gasteiger partial charge on any atom is 0.263 e. The van der Waals surface area contributed by atoms with Crippen LogP contribution in [0, 0.1) is 0 Å².